The summed E-state index contributed by atoms with van der Waals surface area (Å²) in [6.45, 7) is 0. The van der Waals surface area contributed by atoms with Crippen molar-refractivity contribution in [3.05, 3.63) is 30.1 Å². The topological polar surface area (TPSA) is 70.9 Å². The van der Waals surface area contributed by atoms with E-state index in [0.29, 0.717) is 23.7 Å². The molecule has 0 fully saturated rings. The summed E-state index contributed by atoms with van der Waals surface area (Å²) in [7, 11) is 3.18. The molecule has 0 unspecified atom stereocenters. The Bertz CT molecular complexity index is 584. The molecule has 0 aliphatic heterocycles. The van der Waals surface area contributed by atoms with Gasteiger partial charge in [0, 0.05) is 17.5 Å². The molecule has 18 heavy (non-hydrogen) atoms. The lowest BCUT2D eigenvalue weighted by molar-refractivity contribution is 0.355. The fraction of sp³-hybridized carbons (Fsp3) is 0.231. The Hall–Kier alpha value is -2.48. The second kappa shape index (κ2) is 5.23. The standard InChI is InChI=1S/C13H13N3O2/c1-17-11-4-3-9(7-12(11)18-2)13-15-8-10(16-13)5-6-14/h3-4,7-8H,5H2,1-2H3,(H,15,16). The highest BCUT2D eigenvalue weighted by Gasteiger charge is 2.08. The van der Waals surface area contributed by atoms with Gasteiger partial charge in [0.15, 0.2) is 11.5 Å². The second-order valence-electron chi connectivity index (χ2n) is 3.66. The average molecular weight is 243 g/mol. The van der Waals surface area contributed by atoms with Gasteiger partial charge in [-0.3, -0.25) is 0 Å². The highest BCUT2D eigenvalue weighted by Crippen LogP contribution is 2.31. The third-order valence-corrected chi connectivity index (χ3v) is 2.55. The van der Waals surface area contributed by atoms with Gasteiger partial charge >= 0.3 is 0 Å². The lowest BCUT2D eigenvalue weighted by atomic mass is 10.2. The van der Waals surface area contributed by atoms with Gasteiger partial charge in [-0.2, -0.15) is 5.26 Å². The molecular formula is C13H13N3O2. The first-order chi connectivity index (χ1) is 8.78. The van der Waals surface area contributed by atoms with Gasteiger partial charge in [0.25, 0.3) is 0 Å². The fourth-order valence-electron chi connectivity index (χ4n) is 1.66. The van der Waals surface area contributed by atoms with Crippen molar-refractivity contribution in [1.82, 2.24) is 9.97 Å². The average Bonchev–Trinajstić information content (AvgIpc) is 2.87. The number of ether oxygens (including phenoxy) is 2. The molecule has 2 rings (SSSR count). The predicted molar refractivity (Wildman–Crippen MR) is 66.4 cm³/mol. The second-order valence-corrected chi connectivity index (χ2v) is 3.66. The smallest absolute Gasteiger partial charge is 0.161 e. The molecule has 1 aromatic heterocycles. The Labute approximate surface area is 105 Å². The van der Waals surface area contributed by atoms with E-state index in [1.807, 2.05) is 18.2 Å². The van der Waals surface area contributed by atoms with Gasteiger partial charge in [0.2, 0.25) is 0 Å². The zero-order valence-electron chi connectivity index (χ0n) is 10.2. The van der Waals surface area contributed by atoms with Crippen molar-refractivity contribution in [1.29, 1.82) is 5.26 Å². The van der Waals surface area contributed by atoms with Crippen LogP contribution in [0.4, 0.5) is 0 Å². The van der Waals surface area contributed by atoms with Crippen molar-refractivity contribution in [2.24, 2.45) is 0 Å². The Morgan fingerprint density at radius 1 is 1.28 bits per heavy atom. The summed E-state index contributed by atoms with van der Waals surface area (Å²) in [5, 5.41) is 8.62. The van der Waals surface area contributed by atoms with Gasteiger partial charge in [-0.25, -0.2) is 4.98 Å². The lowest BCUT2D eigenvalue weighted by Crippen LogP contribution is -1.91. The van der Waals surface area contributed by atoms with Crippen molar-refractivity contribution in [3.8, 4) is 29.0 Å². The summed E-state index contributed by atoms with van der Waals surface area (Å²) >= 11 is 0. The van der Waals surface area contributed by atoms with E-state index in [1.54, 1.807) is 20.4 Å². The maximum atomic E-state index is 8.62. The Balaban J connectivity index is 2.35. The van der Waals surface area contributed by atoms with E-state index in [0.717, 1.165) is 11.3 Å². The van der Waals surface area contributed by atoms with Gasteiger partial charge in [0.1, 0.15) is 5.82 Å². The first-order valence-electron chi connectivity index (χ1n) is 5.41. The maximum absolute atomic E-state index is 8.62. The molecule has 1 aromatic carbocycles. The molecule has 0 aliphatic carbocycles. The predicted octanol–water partition coefficient (Wildman–Crippen LogP) is 2.16. The fourth-order valence-corrected chi connectivity index (χ4v) is 1.66. The van der Waals surface area contributed by atoms with Crippen LogP contribution >= 0.6 is 0 Å². The minimum atomic E-state index is 0.320. The molecular weight excluding hydrogens is 230 g/mol. The number of aromatic nitrogens is 2. The molecule has 0 amide bonds. The van der Waals surface area contributed by atoms with E-state index in [1.165, 1.54) is 0 Å². The number of methoxy groups -OCH3 is 2. The molecule has 5 heteroatoms. The van der Waals surface area contributed by atoms with Crippen LogP contribution in [-0.2, 0) is 6.42 Å². The van der Waals surface area contributed by atoms with E-state index in [9.17, 15) is 0 Å². The number of imidazole rings is 1. The molecule has 0 saturated heterocycles. The Morgan fingerprint density at radius 3 is 2.72 bits per heavy atom. The molecule has 0 saturated carbocycles. The SMILES string of the molecule is COc1ccc(-c2ncc(CC#N)[nH]2)cc1OC. The van der Waals surface area contributed by atoms with Gasteiger partial charge in [0.05, 0.1) is 26.7 Å². The number of nitriles is 1. The Morgan fingerprint density at radius 2 is 2.06 bits per heavy atom. The maximum Gasteiger partial charge on any atom is 0.161 e. The van der Waals surface area contributed by atoms with Crippen LogP contribution in [0.1, 0.15) is 5.69 Å². The number of hydrogen-bond acceptors (Lipinski definition) is 4. The molecule has 0 spiro atoms. The largest absolute Gasteiger partial charge is 0.493 e. The molecule has 1 heterocycles. The zero-order chi connectivity index (χ0) is 13.0. The van der Waals surface area contributed by atoms with Crippen LogP contribution in [0.3, 0.4) is 0 Å². The summed E-state index contributed by atoms with van der Waals surface area (Å²) in [6, 6.07) is 7.62. The van der Waals surface area contributed by atoms with Gasteiger partial charge in [-0.15, -0.1) is 0 Å². The van der Waals surface area contributed by atoms with Crippen molar-refractivity contribution in [2.45, 2.75) is 6.42 Å². The first kappa shape index (κ1) is 12.0. The van der Waals surface area contributed by atoms with Crippen molar-refractivity contribution in [2.75, 3.05) is 14.2 Å². The summed E-state index contributed by atoms with van der Waals surface area (Å²) in [5.41, 5.74) is 1.68. The highest BCUT2D eigenvalue weighted by atomic mass is 16.5. The minimum Gasteiger partial charge on any atom is -0.493 e. The van der Waals surface area contributed by atoms with Crippen LogP contribution in [0.5, 0.6) is 11.5 Å². The highest BCUT2D eigenvalue weighted by molar-refractivity contribution is 5.61. The van der Waals surface area contributed by atoms with Crippen molar-refractivity contribution < 1.29 is 9.47 Å². The summed E-state index contributed by atoms with van der Waals surface area (Å²) in [5.74, 6) is 2.03. The monoisotopic (exact) mass is 243 g/mol. The first-order valence-corrected chi connectivity index (χ1v) is 5.41. The normalized spacial score (nSPS) is 9.83. The number of aromatic amines is 1. The van der Waals surface area contributed by atoms with E-state index >= 15 is 0 Å². The lowest BCUT2D eigenvalue weighted by Gasteiger charge is -2.08. The van der Waals surface area contributed by atoms with E-state index < -0.39 is 0 Å². The van der Waals surface area contributed by atoms with Crippen LogP contribution in [0, 0.1) is 11.3 Å². The minimum absolute atomic E-state index is 0.320. The number of rotatable bonds is 4. The molecule has 0 bridgehead atoms. The van der Waals surface area contributed by atoms with Crippen molar-refractivity contribution >= 4 is 0 Å². The van der Waals surface area contributed by atoms with E-state index in [2.05, 4.69) is 16.0 Å². The van der Waals surface area contributed by atoms with E-state index in [-0.39, 0.29) is 0 Å². The number of nitrogens with one attached hydrogen (secondary N) is 1. The third kappa shape index (κ3) is 2.28. The van der Waals surface area contributed by atoms with Crippen LogP contribution in [-0.4, -0.2) is 24.2 Å². The third-order valence-electron chi connectivity index (χ3n) is 2.55. The zero-order valence-corrected chi connectivity index (χ0v) is 10.2. The quantitative estimate of drug-likeness (QED) is 0.893. The van der Waals surface area contributed by atoms with Crippen LogP contribution in [0.25, 0.3) is 11.4 Å². The molecule has 0 atom stereocenters. The number of H-pyrrole nitrogens is 1. The van der Waals surface area contributed by atoms with Crippen LogP contribution in [0.15, 0.2) is 24.4 Å². The van der Waals surface area contributed by atoms with Crippen LogP contribution < -0.4 is 9.47 Å². The van der Waals surface area contributed by atoms with Gasteiger partial charge < -0.3 is 14.5 Å². The number of nitrogens with zero attached hydrogens (tertiary/aromatic N) is 2. The van der Waals surface area contributed by atoms with E-state index in [4.69, 9.17) is 14.7 Å². The molecule has 1 N–H and O–H groups in total. The van der Waals surface area contributed by atoms with Crippen LogP contribution in [0.2, 0.25) is 0 Å². The van der Waals surface area contributed by atoms with Crippen molar-refractivity contribution in [3.63, 3.8) is 0 Å². The molecule has 0 aliphatic rings. The summed E-state index contributed by atoms with van der Waals surface area (Å²) in [6.07, 6.45) is 1.98. The summed E-state index contributed by atoms with van der Waals surface area (Å²) in [4.78, 5) is 7.32. The van der Waals surface area contributed by atoms with Gasteiger partial charge in [-0.05, 0) is 18.2 Å². The molecule has 2 aromatic rings. The van der Waals surface area contributed by atoms with Gasteiger partial charge in [-0.1, -0.05) is 0 Å². The number of hydrogen-bond donors (Lipinski definition) is 1. The molecule has 5 nitrogen and oxygen atoms in total. The molecule has 92 valence electrons. The Kier molecular flexibility index (Phi) is 3.49. The molecule has 0 radical (unpaired) electrons. The summed E-state index contributed by atoms with van der Waals surface area (Å²) < 4.78 is 10.4. The number of benzene rings is 1.